The molecule has 2 aromatic rings. The van der Waals surface area contributed by atoms with E-state index in [1.807, 2.05) is 6.07 Å². The van der Waals surface area contributed by atoms with Crippen LogP contribution in [0.4, 0.5) is 0 Å². The van der Waals surface area contributed by atoms with E-state index in [2.05, 4.69) is 40.8 Å². The van der Waals surface area contributed by atoms with Crippen LogP contribution >= 0.6 is 34.8 Å². The van der Waals surface area contributed by atoms with Crippen molar-refractivity contribution >= 4 is 45.8 Å². The molecule has 0 unspecified atom stereocenters. The highest BCUT2D eigenvalue weighted by Gasteiger charge is 2.26. The van der Waals surface area contributed by atoms with Gasteiger partial charge in [0.25, 0.3) is 0 Å². The minimum Gasteiger partial charge on any atom is -0.338 e. The maximum Gasteiger partial charge on any atom is 0.248 e. The summed E-state index contributed by atoms with van der Waals surface area (Å²) in [6, 6.07) is 6.14. The number of imidazole rings is 1. The van der Waals surface area contributed by atoms with Gasteiger partial charge in [0, 0.05) is 6.54 Å². The number of aromatic amines is 1. The van der Waals surface area contributed by atoms with Gasteiger partial charge in [-0.25, -0.2) is 4.98 Å². The Kier molecular flexibility index (Phi) is 5.78. The first-order chi connectivity index (χ1) is 9.94. The summed E-state index contributed by atoms with van der Waals surface area (Å²) in [7, 11) is 0. The van der Waals surface area contributed by atoms with Gasteiger partial charge in [0.2, 0.25) is 3.79 Å². The van der Waals surface area contributed by atoms with Crippen molar-refractivity contribution in [1.82, 2.24) is 14.9 Å². The smallest absolute Gasteiger partial charge is 0.248 e. The van der Waals surface area contributed by atoms with Gasteiger partial charge in [-0.05, 0) is 43.6 Å². The highest BCUT2D eigenvalue weighted by Crippen LogP contribution is 2.37. The summed E-state index contributed by atoms with van der Waals surface area (Å²) in [5, 5.41) is 0. The monoisotopic (exact) mass is 347 g/mol. The quantitative estimate of drug-likeness (QED) is 0.770. The first kappa shape index (κ1) is 16.9. The molecular weight excluding hydrogens is 329 g/mol. The number of H-pyrrole nitrogens is 1. The predicted molar refractivity (Wildman–Crippen MR) is 91.4 cm³/mol. The molecule has 116 valence electrons. The second-order valence-electron chi connectivity index (χ2n) is 5.12. The van der Waals surface area contributed by atoms with Crippen molar-refractivity contribution in [3.63, 3.8) is 0 Å². The van der Waals surface area contributed by atoms with Gasteiger partial charge < -0.3 is 9.88 Å². The van der Waals surface area contributed by atoms with Crippen LogP contribution in [0.5, 0.6) is 0 Å². The molecule has 1 aromatic heterocycles. The second kappa shape index (κ2) is 7.19. The van der Waals surface area contributed by atoms with Crippen LogP contribution in [0.3, 0.4) is 0 Å². The van der Waals surface area contributed by atoms with E-state index in [9.17, 15) is 0 Å². The molecule has 0 saturated carbocycles. The van der Waals surface area contributed by atoms with Gasteiger partial charge in [-0.15, -0.1) is 0 Å². The summed E-state index contributed by atoms with van der Waals surface area (Å²) < 4.78 is -1.51. The van der Waals surface area contributed by atoms with Crippen LogP contribution in [0.1, 0.15) is 31.7 Å². The molecule has 1 N–H and O–H groups in total. The molecular formula is C15H20Cl3N3. The van der Waals surface area contributed by atoms with Gasteiger partial charge >= 0.3 is 0 Å². The lowest BCUT2D eigenvalue weighted by atomic mass is 10.1. The molecule has 0 aliphatic carbocycles. The average molecular weight is 349 g/mol. The van der Waals surface area contributed by atoms with E-state index in [-0.39, 0.29) is 0 Å². The van der Waals surface area contributed by atoms with E-state index in [1.165, 1.54) is 12.0 Å². The maximum absolute atomic E-state index is 5.86. The topological polar surface area (TPSA) is 31.9 Å². The first-order valence-corrected chi connectivity index (χ1v) is 8.35. The molecule has 0 radical (unpaired) electrons. The van der Waals surface area contributed by atoms with Crippen LogP contribution in [0.2, 0.25) is 0 Å². The number of nitrogens with zero attached hydrogens (tertiary/aromatic N) is 2. The van der Waals surface area contributed by atoms with Crippen LogP contribution in [0.15, 0.2) is 18.2 Å². The number of rotatable bonds is 6. The minimum absolute atomic E-state index is 0.362. The Morgan fingerprint density at radius 3 is 2.57 bits per heavy atom. The zero-order valence-corrected chi connectivity index (χ0v) is 14.6. The number of hydrogen-bond acceptors (Lipinski definition) is 2. The van der Waals surface area contributed by atoms with Crippen molar-refractivity contribution in [2.45, 2.75) is 30.5 Å². The standard InChI is InChI=1S/C15H20Cl3N3/c1-3-8-21(4-2)9-7-11-5-6-12-13(10-11)20-14(19-12)15(16,17)18/h5-6,10H,3-4,7-9H2,1-2H3,(H,19,20). The van der Waals surface area contributed by atoms with Crippen molar-refractivity contribution in [2.24, 2.45) is 0 Å². The molecule has 0 atom stereocenters. The molecule has 0 amide bonds. The van der Waals surface area contributed by atoms with Crippen LogP contribution in [-0.2, 0) is 10.2 Å². The van der Waals surface area contributed by atoms with E-state index < -0.39 is 3.79 Å². The number of aromatic nitrogens is 2. The minimum atomic E-state index is -1.51. The van der Waals surface area contributed by atoms with E-state index in [4.69, 9.17) is 34.8 Å². The van der Waals surface area contributed by atoms with Gasteiger partial charge in [0.15, 0.2) is 5.82 Å². The van der Waals surface area contributed by atoms with E-state index in [1.54, 1.807) is 0 Å². The molecule has 0 spiro atoms. The number of benzene rings is 1. The molecule has 21 heavy (non-hydrogen) atoms. The third-order valence-electron chi connectivity index (χ3n) is 3.52. The van der Waals surface area contributed by atoms with Crippen molar-refractivity contribution in [3.8, 4) is 0 Å². The lowest BCUT2D eigenvalue weighted by Gasteiger charge is -2.19. The highest BCUT2D eigenvalue weighted by molar-refractivity contribution is 6.66. The molecule has 1 aromatic carbocycles. The Labute approximate surface area is 140 Å². The van der Waals surface area contributed by atoms with Gasteiger partial charge in [-0.2, -0.15) is 0 Å². The first-order valence-electron chi connectivity index (χ1n) is 7.22. The van der Waals surface area contributed by atoms with E-state index >= 15 is 0 Å². The second-order valence-corrected chi connectivity index (χ2v) is 7.40. The summed E-state index contributed by atoms with van der Waals surface area (Å²) in [6.07, 6.45) is 2.19. The molecule has 0 aliphatic heterocycles. The van der Waals surface area contributed by atoms with Crippen molar-refractivity contribution in [3.05, 3.63) is 29.6 Å². The predicted octanol–water partition coefficient (Wildman–Crippen LogP) is 4.66. The number of alkyl halides is 3. The van der Waals surface area contributed by atoms with Gasteiger partial charge in [0.1, 0.15) is 0 Å². The lowest BCUT2D eigenvalue weighted by Crippen LogP contribution is -2.26. The normalized spacial score (nSPS) is 12.5. The number of likely N-dealkylation sites (N-methyl/N-ethyl adjacent to an activating group) is 1. The number of fused-ring (bicyclic) bond motifs is 1. The highest BCUT2D eigenvalue weighted by atomic mass is 35.6. The molecule has 0 bridgehead atoms. The Morgan fingerprint density at radius 1 is 1.19 bits per heavy atom. The maximum atomic E-state index is 5.86. The Bertz CT molecular complexity index is 589. The van der Waals surface area contributed by atoms with Crippen LogP contribution < -0.4 is 0 Å². The number of nitrogens with one attached hydrogen (secondary N) is 1. The van der Waals surface area contributed by atoms with Crippen LogP contribution in [0, 0.1) is 0 Å². The molecule has 3 nitrogen and oxygen atoms in total. The van der Waals surface area contributed by atoms with Crippen molar-refractivity contribution < 1.29 is 0 Å². The summed E-state index contributed by atoms with van der Waals surface area (Å²) in [6.45, 7) is 7.68. The third-order valence-corrected chi connectivity index (χ3v) is 4.06. The van der Waals surface area contributed by atoms with Crippen LogP contribution in [-0.4, -0.2) is 34.5 Å². The van der Waals surface area contributed by atoms with Gasteiger partial charge in [0.05, 0.1) is 11.0 Å². The van der Waals surface area contributed by atoms with E-state index in [0.717, 1.165) is 37.1 Å². The SMILES string of the molecule is CCCN(CC)CCc1ccc2nc(C(Cl)(Cl)Cl)[nH]c2c1. The molecule has 0 fully saturated rings. The molecule has 0 aliphatic rings. The largest absolute Gasteiger partial charge is 0.338 e. The third kappa shape index (κ3) is 4.49. The van der Waals surface area contributed by atoms with Gasteiger partial charge in [-0.1, -0.05) is 54.7 Å². The van der Waals surface area contributed by atoms with Crippen molar-refractivity contribution in [2.75, 3.05) is 19.6 Å². The summed E-state index contributed by atoms with van der Waals surface area (Å²) in [5.74, 6) is 0.362. The number of hydrogen-bond donors (Lipinski definition) is 1. The Hall–Kier alpha value is -0.480. The van der Waals surface area contributed by atoms with Crippen molar-refractivity contribution in [1.29, 1.82) is 0 Å². The molecule has 6 heteroatoms. The summed E-state index contributed by atoms with van der Waals surface area (Å²) in [5.41, 5.74) is 2.99. The Morgan fingerprint density at radius 2 is 1.95 bits per heavy atom. The molecule has 0 saturated heterocycles. The fourth-order valence-corrected chi connectivity index (χ4v) is 2.65. The van der Waals surface area contributed by atoms with E-state index in [0.29, 0.717) is 5.82 Å². The van der Waals surface area contributed by atoms with Crippen LogP contribution in [0.25, 0.3) is 11.0 Å². The lowest BCUT2D eigenvalue weighted by molar-refractivity contribution is 0.292. The summed E-state index contributed by atoms with van der Waals surface area (Å²) >= 11 is 17.6. The van der Waals surface area contributed by atoms with Gasteiger partial charge in [-0.3, -0.25) is 0 Å². The summed E-state index contributed by atoms with van der Waals surface area (Å²) in [4.78, 5) is 9.83. The number of halogens is 3. The zero-order chi connectivity index (χ0) is 15.5. The fourth-order valence-electron chi connectivity index (χ4n) is 2.38. The average Bonchev–Trinajstić information content (AvgIpc) is 2.86. The zero-order valence-electron chi connectivity index (χ0n) is 12.3. The molecule has 1 heterocycles. The Balaban J connectivity index is 2.11. The fraction of sp³-hybridized carbons (Fsp3) is 0.533. The molecule has 2 rings (SSSR count).